The molecule has 1 amide bonds. The van der Waals surface area contributed by atoms with Gasteiger partial charge in [0.15, 0.2) is 5.12 Å². The van der Waals surface area contributed by atoms with Crippen molar-refractivity contribution < 1.29 is 14.0 Å². The fourth-order valence-corrected chi connectivity index (χ4v) is 3.06. The molecule has 1 unspecified atom stereocenters. The maximum absolute atomic E-state index is 13.4. The van der Waals surface area contributed by atoms with E-state index in [0.29, 0.717) is 23.1 Å². The number of halogens is 2. The Balaban J connectivity index is 2.16. The highest BCUT2D eigenvalue weighted by Crippen LogP contribution is 2.30. The van der Waals surface area contributed by atoms with E-state index in [-0.39, 0.29) is 16.3 Å². The molecule has 1 atom stereocenters. The minimum Gasteiger partial charge on any atom is -0.311 e. The van der Waals surface area contributed by atoms with E-state index in [9.17, 15) is 14.0 Å². The lowest BCUT2D eigenvalue weighted by molar-refractivity contribution is -0.117. The molecule has 0 saturated carbocycles. The van der Waals surface area contributed by atoms with Gasteiger partial charge in [-0.2, -0.15) is 0 Å². The number of rotatable bonds is 2. The number of thioether (sulfide) groups is 1. The topological polar surface area (TPSA) is 37.4 Å². The molecule has 1 aromatic rings. The molecule has 1 saturated heterocycles. The van der Waals surface area contributed by atoms with E-state index >= 15 is 0 Å². The lowest BCUT2D eigenvalue weighted by Crippen LogP contribution is -2.25. The summed E-state index contributed by atoms with van der Waals surface area (Å²) in [6.45, 7) is 1.93. The van der Waals surface area contributed by atoms with E-state index in [1.807, 2.05) is 0 Å². The third-order valence-electron chi connectivity index (χ3n) is 2.64. The average molecular weight is 332 g/mol. The summed E-state index contributed by atoms with van der Waals surface area (Å²) < 4.78 is 13.8. The second-order valence-electron chi connectivity index (χ2n) is 4.04. The summed E-state index contributed by atoms with van der Waals surface area (Å²) in [6, 6.07) is 4.58. The maximum atomic E-state index is 13.4. The molecule has 2 rings (SSSR count). The summed E-state index contributed by atoms with van der Waals surface area (Å²) in [5.41, 5.74) is 0.535. The summed E-state index contributed by atoms with van der Waals surface area (Å²) in [4.78, 5) is 24.4. The highest BCUT2D eigenvalue weighted by Gasteiger charge is 2.32. The van der Waals surface area contributed by atoms with Gasteiger partial charge >= 0.3 is 0 Å². The Bertz CT molecular complexity index is 509. The van der Waals surface area contributed by atoms with Crippen molar-refractivity contribution in [1.82, 2.24) is 0 Å². The molecule has 1 fully saturated rings. The fourth-order valence-electron chi connectivity index (χ4n) is 1.89. The van der Waals surface area contributed by atoms with Crippen molar-refractivity contribution in [3.8, 4) is 0 Å². The van der Waals surface area contributed by atoms with Crippen molar-refractivity contribution in [3.63, 3.8) is 0 Å². The molecule has 18 heavy (non-hydrogen) atoms. The maximum Gasteiger partial charge on any atom is 0.228 e. The van der Waals surface area contributed by atoms with Crippen LogP contribution in [0.4, 0.5) is 10.1 Å². The standard InChI is InChI=1S/C12H11BrFNO2S/c1-7(16)18-9-5-12(17)15(6-9)8-2-3-10(13)11(14)4-8/h2-4,9H,5-6H2,1H3. The number of amides is 1. The van der Waals surface area contributed by atoms with Crippen LogP contribution >= 0.6 is 27.7 Å². The van der Waals surface area contributed by atoms with Gasteiger partial charge in [-0.1, -0.05) is 11.8 Å². The number of anilines is 1. The second kappa shape index (κ2) is 5.40. The van der Waals surface area contributed by atoms with E-state index in [4.69, 9.17) is 0 Å². The van der Waals surface area contributed by atoms with Gasteiger partial charge in [-0.15, -0.1) is 0 Å². The molecule has 1 aliphatic heterocycles. The van der Waals surface area contributed by atoms with Gasteiger partial charge in [0.25, 0.3) is 0 Å². The molecule has 0 N–H and O–H groups in total. The van der Waals surface area contributed by atoms with E-state index in [2.05, 4.69) is 15.9 Å². The first-order chi connectivity index (χ1) is 8.47. The Labute approximate surface area is 117 Å². The Morgan fingerprint density at radius 1 is 1.56 bits per heavy atom. The quantitative estimate of drug-likeness (QED) is 0.836. The van der Waals surface area contributed by atoms with Gasteiger partial charge in [0.2, 0.25) is 5.91 Å². The zero-order chi connectivity index (χ0) is 13.3. The van der Waals surface area contributed by atoms with Crippen LogP contribution in [0.3, 0.4) is 0 Å². The van der Waals surface area contributed by atoms with Gasteiger partial charge < -0.3 is 4.90 Å². The molecule has 0 aromatic heterocycles. The minimum atomic E-state index is -0.400. The first kappa shape index (κ1) is 13.5. The van der Waals surface area contributed by atoms with Gasteiger partial charge in [0.1, 0.15) is 5.82 Å². The van der Waals surface area contributed by atoms with E-state index in [1.54, 1.807) is 12.1 Å². The van der Waals surface area contributed by atoms with Crippen LogP contribution in [-0.4, -0.2) is 22.8 Å². The number of benzene rings is 1. The van der Waals surface area contributed by atoms with Gasteiger partial charge in [-0.25, -0.2) is 4.39 Å². The smallest absolute Gasteiger partial charge is 0.228 e. The van der Waals surface area contributed by atoms with Crippen molar-refractivity contribution in [3.05, 3.63) is 28.5 Å². The van der Waals surface area contributed by atoms with Crippen molar-refractivity contribution >= 4 is 44.4 Å². The van der Waals surface area contributed by atoms with Crippen LogP contribution in [0.5, 0.6) is 0 Å². The predicted molar refractivity (Wildman–Crippen MR) is 73.1 cm³/mol. The number of carbonyl (C=O) groups excluding carboxylic acids is 2. The Kier molecular flexibility index (Phi) is 4.07. The van der Waals surface area contributed by atoms with Gasteiger partial charge in [0.05, 0.1) is 4.47 Å². The molecular weight excluding hydrogens is 321 g/mol. The molecule has 0 bridgehead atoms. The Morgan fingerprint density at radius 2 is 2.28 bits per heavy atom. The second-order valence-corrected chi connectivity index (χ2v) is 6.37. The normalized spacial score (nSPS) is 19.4. The lowest BCUT2D eigenvalue weighted by Gasteiger charge is -2.16. The molecule has 1 aromatic carbocycles. The summed E-state index contributed by atoms with van der Waals surface area (Å²) in [5, 5.41) is -0.0432. The van der Waals surface area contributed by atoms with Crippen LogP contribution in [0.25, 0.3) is 0 Å². The first-order valence-corrected chi connectivity index (χ1v) is 7.07. The fraction of sp³-hybridized carbons (Fsp3) is 0.333. The molecule has 96 valence electrons. The Morgan fingerprint density at radius 3 is 2.89 bits per heavy atom. The van der Waals surface area contributed by atoms with Crippen molar-refractivity contribution in [2.24, 2.45) is 0 Å². The summed E-state index contributed by atoms with van der Waals surface area (Å²) in [7, 11) is 0. The summed E-state index contributed by atoms with van der Waals surface area (Å²) >= 11 is 4.24. The minimum absolute atomic E-state index is 0.00311. The van der Waals surface area contributed by atoms with Crippen molar-refractivity contribution in [2.75, 3.05) is 11.4 Å². The van der Waals surface area contributed by atoms with Gasteiger partial charge in [-0.05, 0) is 34.1 Å². The molecule has 0 radical (unpaired) electrons. The number of hydrogen-bond acceptors (Lipinski definition) is 3. The van der Waals surface area contributed by atoms with Crippen LogP contribution in [-0.2, 0) is 9.59 Å². The Hall–Kier alpha value is -0.880. The van der Waals surface area contributed by atoms with E-state index in [1.165, 1.54) is 29.7 Å². The van der Waals surface area contributed by atoms with Crippen LogP contribution in [0.2, 0.25) is 0 Å². The molecule has 0 aliphatic carbocycles. The molecule has 1 aliphatic rings. The average Bonchev–Trinajstić information content (AvgIpc) is 2.62. The van der Waals surface area contributed by atoms with Crippen LogP contribution in [0, 0.1) is 5.82 Å². The van der Waals surface area contributed by atoms with E-state index < -0.39 is 5.82 Å². The zero-order valence-electron chi connectivity index (χ0n) is 9.65. The zero-order valence-corrected chi connectivity index (χ0v) is 12.1. The highest BCUT2D eigenvalue weighted by molar-refractivity contribution is 9.10. The lowest BCUT2D eigenvalue weighted by atomic mass is 10.3. The van der Waals surface area contributed by atoms with Crippen LogP contribution in [0.1, 0.15) is 13.3 Å². The summed E-state index contributed by atoms with van der Waals surface area (Å²) in [6.07, 6.45) is 0.321. The number of carbonyl (C=O) groups is 2. The van der Waals surface area contributed by atoms with Crippen LogP contribution < -0.4 is 4.90 Å². The summed E-state index contributed by atoms with van der Waals surface area (Å²) in [5.74, 6) is -0.474. The van der Waals surface area contributed by atoms with Gasteiger partial charge in [0, 0.05) is 30.8 Å². The molecule has 3 nitrogen and oxygen atoms in total. The molecule has 1 heterocycles. The SMILES string of the molecule is CC(=O)SC1CC(=O)N(c2ccc(Br)c(F)c2)C1. The van der Waals surface area contributed by atoms with Crippen molar-refractivity contribution in [2.45, 2.75) is 18.6 Å². The molecule has 6 heteroatoms. The number of hydrogen-bond donors (Lipinski definition) is 0. The highest BCUT2D eigenvalue weighted by atomic mass is 79.9. The number of nitrogens with zero attached hydrogens (tertiary/aromatic N) is 1. The van der Waals surface area contributed by atoms with Gasteiger partial charge in [-0.3, -0.25) is 9.59 Å². The largest absolute Gasteiger partial charge is 0.311 e. The molecule has 0 spiro atoms. The van der Waals surface area contributed by atoms with Crippen LogP contribution in [0.15, 0.2) is 22.7 Å². The third kappa shape index (κ3) is 2.92. The van der Waals surface area contributed by atoms with E-state index in [0.717, 1.165) is 0 Å². The predicted octanol–water partition coefficient (Wildman–Crippen LogP) is 2.97. The first-order valence-electron chi connectivity index (χ1n) is 5.40. The monoisotopic (exact) mass is 331 g/mol. The van der Waals surface area contributed by atoms with Crippen molar-refractivity contribution in [1.29, 1.82) is 0 Å². The third-order valence-corrected chi connectivity index (χ3v) is 4.26. The molecular formula is C12H11BrFNO2S.